The van der Waals surface area contributed by atoms with Gasteiger partial charge >= 0.3 is 0 Å². The Labute approximate surface area is 174 Å². The molecular weight excluding hydrogens is 324 g/mol. The van der Waals surface area contributed by atoms with Crippen molar-refractivity contribution in [2.24, 2.45) is 41.4 Å². The first-order valence-electron chi connectivity index (χ1n) is 12.9. The summed E-state index contributed by atoms with van der Waals surface area (Å²) in [5.74, 6) is 6.35. The molecule has 0 N–H and O–H groups in total. The van der Waals surface area contributed by atoms with Crippen LogP contribution in [0.2, 0.25) is 0 Å². The van der Waals surface area contributed by atoms with Crippen LogP contribution in [0.15, 0.2) is 0 Å². The zero-order chi connectivity index (χ0) is 20.8. The summed E-state index contributed by atoms with van der Waals surface area (Å²) in [5, 5.41) is 0. The van der Waals surface area contributed by atoms with Gasteiger partial charge < -0.3 is 0 Å². The Morgan fingerprint density at radius 2 is 1.00 bits per heavy atom. The Morgan fingerprint density at radius 1 is 0.481 bits per heavy atom. The summed E-state index contributed by atoms with van der Waals surface area (Å²) in [6.07, 6.45) is 15.4. The van der Waals surface area contributed by atoms with Crippen LogP contribution >= 0.6 is 0 Å². The lowest BCUT2D eigenvalue weighted by Crippen LogP contribution is -2.29. The summed E-state index contributed by atoms with van der Waals surface area (Å²) in [5.41, 5.74) is 0. The first-order chi connectivity index (χ1) is 12.9. The lowest BCUT2D eigenvalue weighted by Gasteiger charge is -2.38. The van der Waals surface area contributed by atoms with E-state index in [4.69, 9.17) is 0 Å². The molecule has 164 valence electrons. The quantitative estimate of drug-likeness (QED) is 0.220. The van der Waals surface area contributed by atoms with Crippen molar-refractivity contribution in [3.8, 4) is 0 Å². The standard InChI is InChI=1S/C27H56/c1-10-16-17-19-24(18-11-2)25(13-4)22(8)20-23(9)27(15-6)26(14-5)21(7)12-3/h21-27H,10-20H2,1-9H3. The molecule has 0 amide bonds. The van der Waals surface area contributed by atoms with Crippen molar-refractivity contribution in [3.63, 3.8) is 0 Å². The summed E-state index contributed by atoms with van der Waals surface area (Å²) in [6, 6.07) is 0. The average Bonchev–Trinajstić information content (AvgIpc) is 2.65. The average molecular weight is 381 g/mol. The predicted octanol–water partition coefficient (Wildman–Crippen LogP) is 9.77. The fourth-order valence-corrected chi connectivity index (χ4v) is 6.29. The smallest absolute Gasteiger partial charge is 0.0360 e. The molecule has 0 aliphatic heterocycles. The van der Waals surface area contributed by atoms with Gasteiger partial charge in [-0.05, 0) is 47.8 Å². The topological polar surface area (TPSA) is 0 Å². The van der Waals surface area contributed by atoms with Crippen molar-refractivity contribution in [3.05, 3.63) is 0 Å². The number of rotatable bonds is 17. The van der Waals surface area contributed by atoms with Gasteiger partial charge in [-0.25, -0.2) is 0 Å². The monoisotopic (exact) mass is 380 g/mol. The van der Waals surface area contributed by atoms with Crippen molar-refractivity contribution in [2.45, 2.75) is 133 Å². The Balaban J connectivity index is 5.04. The minimum Gasteiger partial charge on any atom is -0.0654 e. The van der Waals surface area contributed by atoms with Gasteiger partial charge in [0.1, 0.15) is 0 Å². The van der Waals surface area contributed by atoms with Crippen LogP contribution in [-0.4, -0.2) is 0 Å². The molecule has 0 spiro atoms. The summed E-state index contributed by atoms with van der Waals surface area (Å²) < 4.78 is 0. The molecule has 0 radical (unpaired) electrons. The van der Waals surface area contributed by atoms with Gasteiger partial charge in [-0.15, -0.1) is 0 Å². The molecule has 0 aromatic heterocycles. The third-order valence-electron chi connectivity index (χ3n) is 7.99. The van der Waals surface area contributed by atoms with Gasteiger partial charge in [-0.2, -0.15) is 0 Å². The molecule has 0 aliphatic carbocycles. The minimum atomic E-state index is 0.871. The molecule has 7 atom stereocenters. The van der Waals surface area contributed by atoms with E-state index in [1.165, 1.54) is 70.6 Å². The van der Waals surface area contributed by atoms with Crippen LogP contribution in [0, 0.1) is 41.4 Å². The van der Waals surface area contributed by atoms with E-state index in [0.29, 0.717) is 0 Å². The fraction of sp³-hybridized carbons (Fsp3) is 1.00. The molecule has 7 unspecified atom stereocenters. The molecule has 0 rings (SSSR count). The Bertz CT molecular complexity index is 320. The normalized spacial score (nSPS) is 19.9. The zero-order valence-corrected chi connectivity index (χ0v) is 20.8. The molecule has 0 saturated carbocycles. The maximum absolute atomic E-state index is 2.59. The molecule has 0 heteroatoms. The SMILES string of the molecule is CCCCCC(CCC)C(CC)C(C)CC(C)C(CC)C(CC)C(C)CC. The van der Waals surface area contributed by atoms with E-state index in [1.54, 1.807) is 0 Å². The number of unbranched alkanes of at least 4 members (excludes halogenated alkanes) is 2. The van der Waals surface area contributed by atoms with Crippen LogP contribution in [0.4, 0.5) is 0 Å². The Hall–Kier alpha value is 0. The molecule has 0 aliphatic rings. The maximum Gasteiger partial charge on any atom is -0.0360 e. The molecule has 0 bridgehead atoms. The van der Waals surface area contributed by atoms with E-state index in [0.717, 1.165) is 41.4 Å². The van der Waals surface area contributed by atoms with Crippen molar-refractivity contribution >= 4 is 0 Å². The fourth-order valence-electron chi connectivity index (χ4n) is 6.29. The molecule has 0 fully saturated rings. The van der Waals surface area contributed by atoms with Gasteiger partial charge in [0.25, 0.3) is 0 Å². The molecule has 0 saturated heterocycles. The Kier molecular flexibility index (Phi) is 15.9. The van der Waals surface area contributed by atoms with Crippen LogP contribution in [0.3, 0.4) is 0 Å². The highest BCUT2D eigenvalue weighted by Gasteiger charge is 2.31. The highest BCUT2D eigenvalue weighted by atomic mass is 14.4. The van der Waals surface area contributed by atoms with Crippen LogP contribution in [-0.2, 0) is 0 Å². The number of hydrogen-bond acceptors (Lipinski definition) is 0. The molecule has 0 aromatic rings. The number of hydrogen-bond donors (Lipinski definition) is 0. The largest absolute Gasteiger partial charge is 0.0654 e. The van der Waals surface area contributed by atoms with Gasteiger partial charge in [-0.3, -0.25) is 0 Å². The first kappa shape index (κ1) is 27.0. The van der Waals surface area contributed by atoms with Gasteiger partial charge in [0.15, 0.2) is 0 Å². The van der Waals surface area contributed by atoms with Crippen LogP contribution in [0.5, 0.6) is 0 Å². The van der Waals surface area contributed by atoms with E-state index in [1.807, 2.05) is 0 Å². The highest BCUT2D eigenvalue weighted by molar-refractivity contribution is 4.81. The van der Waals surface area contributed by atoms with E-state index in [9.17, 15) is 0 Å². The van der Waals surface area contributed by atoms with Crippen molar-refractivity contribution in [2.75, 3.05) is 0 Å². The lowest BCUT2D eigenvalue weighted by molar-refractivity contribution is 0.117. The van der Waals surface area contributed by atoms with Gasteiger partial charge in [0.2, 0.25) is 0 Å². The van der Waals surface area contributed by atoms with Crippen molar-refractivity contribution in [1.82, 2.24) is 0 Å². The molecular formula is C27H56. The second kappa shape index (κ2) is 15.9. The Morgan fingerprint density at radius 3 is 1.44 bits per heavy atom. The van der Waals surface area contributed by atoms with Gasteiger partial charge in [0, 0.05) is 0 Å². The summed E-state index contributed by atoms with van der Waals surface area (Å²) >= 11 is 0. The van der Waals surface area contributed by atoms with E-state index >= 15 is 0 Å². The third-order valence-corrected chi connectivity index (χ3v) is 7.99. The van der Waals surface area contributed by atoms with Gasteiger partial charge in [0.05, 0.1) is 0 Å². The maximum atomic E-state index is 2.59. The first-order valence-corrected chi connectivity index (χ1v) is 12.9. The van der Waals surface area contributed by atoms with E-state index in [2.05, 4.69) is 62.3 Å². The summed E-state index contributed by atoms with van der Waals surface area (Å²) in [7, 11) is 0. The van der Waals surface area contributed by atoms with Crippen molar-refractivity contribution < 1.29 is 0 Å². The van der Waals surface area contributed by atoms with E-state index in [-0.39, 0.29) is 0 Å². The molecule has 0 aromatic carbocycles. The predicted molar refractivity (Wildman–Crippen MR) is 126 cm³/mol. The van der Waals surface area contributed by atoms with Crippen molar-refractivity contribution in [1.29, 1.82) is 0 Å². The highest BCUT2D eigenvalue weighted by Crippen LogP contribution is 2.40. The zero-order valence-electron chi connectivity index (χ0n) is 20.8. The third kappa shape index (κ3) is 9.36. The van der Waals surface area contributed by atoms with E-state index < -0.39 is 0 Å². The molecule has 27 heavy (non-hydrogen) atoms. The molecule has 0 heterocycles. The van der Waals surface area contributed by atoms with Gasteiger partial charge in [-0.1, -0.05) is 127 Å². The second-order valence-electron chi connectivity index (χ2n) is 9.84. The minimum absolute atomic E-state index is 0.871. The summed E-state index contributed by atoms with van der Waals surface area (Å²) in [6.45, 7) is 22.1. The summed E-state index contributed by atoms with van der Waals surface area (Å²) in [4.78, 5) is 0. The molecule has 0 nitrogen and oxygen atoms in total. The van der Waals surface area contributed by atoms with Crippen LogP contribution in [0.1, 0.15) is 133 Å². The lowest BCUT2D eigenvalue weighted by atomic mass is 9.67. The second-order valence-corrected chi connectivity index (χ2v) is 9.84. The van der Waals surface area contributed by atoms with Crippen LogP contribution in [0.25, 0.3) is 0 Å². The van der Waals surface area contributed by atoms with Crippen LogP contribution < -0.4 is 0 Å².